The van der Waals surface area contributed by atoms with Crippen LogP contribution in [0.15, 0.2) is 30.5 Å². The number of aromatic amines is 1. The van der Waals surface area contributed by atoms with Gasteiger partial charge in [-0.25, -0.2) is 0 Å². The zero-order valence-electron chi connectivity index (χ0n) is 8.81. The molecule has 0 radical (unpaired) electrons. The lowest BCUT2D eigenvalue weighted by atomic mass is 9.95. The second-order valence-electron chi connectivity index (χ2n) is 4.05. The van der Waals surface area contributed by atoms with Gasteiger partial charge in [0.15, 0.2) is 0 Å². The van der Waals surface area contributed by atoms with E-state index in [1.807, 2.05) is 0 Å². The molecule has 16 heavy (non-hydrogen) atoms. The smallest absolute Gasteiger partial charge is 0.126 e. The van der Waals surface area contributed by atoms with Crippen molar-refractivity contribution in [1.29, 1.82) is 0 Å². The Labute approximate surface area is 93.4 Å². The molecule has 0 spiro atoms. The second-order valence-corrected chi connectivity index (χ2v) is 4.05. The Bertz CT molecular complexity index is 485. The molecule has 0 unspecified atom stereocenters. The first kappa shape index (κ1) is 9.42. The lowest BCUT2D eigenvalue weighted by Crippen LogP contribution is -2.24. The van der Waals surface area contributed by atoms with Gasteiger partial charge in [0.2, 0.25) is 0 Å². The lowest BCUT2D eigenvalue weighted by Gasteiger charge is -2.26. The third kappa shape index (κ3) is 1.47. The van der Waals surface area contributed by atoms with E-state index >= 15 is 0 Å². The van der Waals surface area contributed by atoms with Gasteiger partial charge in [0, 0.05) is 11.5 Å². The first-order valence-electron chi connectivity index (χ1n) is 5.31. The van der Waals surface area contributed by atoms with Crippen molar-refractivity contribution < 1.29 is 4.74 Å². The number of nitrogens with two attached hydrogens (primary N) is 1. The molecule has 1 aliphatic rings. The van der Waals surface area contributed by atoms with Crippen LogP contribution in [-0.4, -0.2) is 23.4 Å². The van der Waals surface area contributed by atoms with Gasteiger partial charge in [-0.3, -0.25) is 5.10 Å². The van der Waals surface area contributed by atoms with Crippen molar-refractivity contribution in [1.82, 2.24) is 10.2 Å². The number of aromatic nitrogens is 2. The van der Waals surface area contributed by atoms with E-state index in [1.165, 1.54) is 5.56 Å². The second kappa shape index (κ2) is 3.64. The molecule has 3 N–H and O–H groups in total. The van der Waals surface area contributed by atoms with Crippen LogP contribution in [0.4, 0.5) is 5.82 Å². The highest BCUT2D eigenvalue weighted by molar-refractivity contribution is 5.73. The predicted octanol–water partition coefficient (Wildman–Crippen LogP) is 1.77. The molecule has 1 saturated heterocycles. The molecule has 4 nitrogen and oxygen atoms in total. The number of nitrogens with one attached hydrogen (secondary N) is 1. The topological polar surface area (TPSA) is 63.9 Å². The van der Waals surface area contributed by atoms with E-state index in [9.17, 15) is 0 Å². The zero-order valence-corrected chi connectivity index (χ0v) is 8.81. The van der Waals surface area contributed by atoms with Crippen LogP contribution < -0.4 is 5.73 Å². The molecule has 82 valence electrons. The van der Waals surface area contributed by atoms with Gasteiger partial charge in [0.25, 0.3) is 0 Å². The van der Waals surface area contributed by atoms with Crippen molar-refractivity contribution in [3.63, 3.8) is 0 Å². The fourth-order valence-corrected chi connectivity index (χ4v) is 1.89. The van der Waals surface area contributed by atoms with Crippen molar-refractivity contribution in [2.75, 3.05) is 18.9 Å². The van der Waals surface area contributed by atoms with E-state index in [-0.39, 0.29) is 0 Å². The molecule has 0 amide bonds. The molecule has 3 rings (SSSR count). The average molecular weight is 215 g/mol. The highest BCUT2D eigenvalue weighted by Gasteiger charge is 2.20. The molecule has 0 aliphatic carbocycles. The average Bonchev–Trinajstić information content (AvgIpc) is 2.63. The van der Waals surface area contributed by atoms with Gasteiger partial charge in [0.05, 0.1) is 19.4 Å². The minimum Gasteiger partial charge on any atom is -0.384 e. The summed E-state index contributed by atoms with van der Waals surface area (Å²) < 4.78 is 5.18. The van der Waals surface area contributed by atoms with Gasteiger partial charge >= 0.3 is 0 Å². The Morgan fingerprint density at radius 2 is 2.00 bits per heavy atom. The van der Waals surface area contributed by atoms with Crippen LogP contribution in [0.25, 0.3) is 11.1 Å². The monoisotopic (exact) mass is 215 g/mol. The molecule has 0 atom stereocenters. The quantitative estimate of drug-likeness (QED) is 0.802. The summed E-state index contributed by atoms with van der Waals surface area (Å²) in [5.41, 5.74) is 9.15. The number of nitrogens with zero attached hydrogens (tertiary/aromatic N) is 1. The number of anilines is 1. The Morgan fingerprint density at radius 3 is 2.50 bits per heavy atom. The lowest BCUT2D eigenvalue weighted by molar-refractivity contribution is 0.00843. The number of benzene rings is 1. The molecular formula is C12H13N3O. The third-order valence-electron chi connectivity index (χ3n) is 3.00. The summed E-state index contributed by atoms with van der Waals surface area (Å²) >= 11 is 0. The largest absolute Gasteiger partial charge is 0.384 e. The van der Waals surface area contributed by atoms with Gasteiger partial charge in [-0.15, -0.1) is 0 Å². The molecule has 4 heteroatoms. The number of ether oxygens (including phenoxy) is 1. The fraction of sp³-hybridized carbons (Fsp3) is 0.250. The summed E-state index contributed by atoms with van der Waals surface area (Å²) in [5, 5.41) is 6.65. The van der Waals surface area contributed by atoms with Crippen molar-refractivity contribution in [3.8, 4) is 11.1 Å². The number of hydrogen-bond donors (Lipinski definition) is 2. The standard InChI is InChI=1S/C12H13N3O/c13-12-11(5-14-15-12)9-3-1-8(2-4-9)10-6-16-7-10/h1-5,10H,6-7H2,(H3,13,14,15). The van der Waals surface area contributed by atoms with Crippen LogP contribution >= 0.6 is 0 Å². The third-order valence-corrected chi connectivity index (χ3v) is 3.00. The number of H-pyrrole nitrogens is 1. The summed E-state index contributed by atoms with van der Waals surface area (Å²) in [6.07, 6.45) is 1.75. The van der Waals surface area contributed by atoms with E-state index in [0.29, 0.717) is 11.7 Å². The van der Waals surface area contributed by atoms with Crippen molar-refractivity contribution >= 4 is 5.82 Å². The first-order valence-corrected chi connectivity index (χ1v) is 5.31. The normalized spacial score (nSPS) is 16.0. The van der Waals surface area contributed by atoms with Gasteiger partial charge in [0.1, 0.15) is 5.82 Å². The predicted molar refractivity (Wildman–Crippen MR) is 62.0 cm³/mol. The van der Waals surface area contributed by atoms with Gasteiger partial charge in [-0.2, -0.15) is 5.10 Å². The van der Waals surface area contributed by atoms with Crippen molar-refractivity contribution in [2.24, 2.45) is 0 Å². The molecule has 0 saturated carbocycles. The molecule has 1 aliphatic heterocycles. The van der Waals surface area contributed by atoms with Gasteiger partial charge < -0.3 is 10.5 Å². The zero-order chi connectivity index (χ0) is 11.0. The molecule has 2 aromatic rings. The summed E-state index contributed by atoms with van der Waals surface area (Å²) in [7, 11) is 0. The van der Waals surface area contributed by atoms with Crippen molar-refractivity contribution in [2.45, 2.75) is 5.92 Å². The molecule has 1 aromatic heterocycles. The summed E-state index contributed by atoms with van der Waals surface area (Å²) in [6.45, 7) is 1.68. The summed E-state index contributed by atoms with van der Waals surface area (Å²) in [6, 6.07) is 8.42. The van der Waals surface area contributed by atoms with Crippen LogP contribution in [0.5, 0.6) is 0 Å². The maximum absolute atomic E-state index is 5.77. The Balaban J connectivity index is 1.90. The maximum Gasteiger partial charge on any atom is 0.126 e. The SMILES string of the molecule is Nc1[nH]ncc1-c1ccc(C2COC2)cc1. The number of rotatable bonds is 2. The van der Waals surface area contributed by atoms with Gasteiger partial charge in [-0.1, -0.05) is 24.3 Å². The van der Waals surface area contributed by atoms with E-state index in [4.69, 9.17) is 10.5 Å². The molecule has 1 aromatic carbocycles. The number of hydrogen-bond acceptors (Lipinski definition) is 3. The van der Waals surface area contributed by atoms with E-state index in [1.54, 1.807) is 6.20 Å². The molecule has 0 bridgehead atoms. The first-order chi connectivity index (χ1) is 7.84. The summed E-state index contributed by atoms with van der Waals surface area (Å²) in [4.78, 5) is 0. The van der Waals surface area contributed by atoms with E-state index in [0.717, 1.165) is 24.3 Å². The highest BCUT2D eigenvalue weighted by atomic mass is 16.5. The van der Waals surface area contributed by atoms with Gasteiger partial charge in [-0.05, 0) is 11.1 Å². The van der Waals surface area contributed by atoms with Crippen LogP contribution in [0.2, 0.25) is 0 Å². The van der Waals surface area contributed by atoms with Crippen LogP contribution in [0, 0.1) is 0 Å². The Kier molecular flexibility index (Phi) is 2.15. The van der Waals surface area contributed by atoms with E-state index < -0.39 is 0 Å². The minimum absolute atomic E-state index is 0.566. The van der Waals surface area contributed by atoms with Crippen molar-refractivity contribution in [3.05, 3.63) is 36.0 Å². The van der Waals surface area contributed by atoms with E-state index in [2.05, 4.69) is 34.5 Å². The minimum atomic E-state index is 0.566. The summed E-state index contributed by atoms with van der Waals surface area (Å²) in [5.74, 6) is 1.18. The highest BCUT2D eigenvalue weighted by Crippen LogP contribution is 2.28. The molecular weight excluding hydrogens is 202 g/mol. The van der Waals surface area contributed by atoms with Crippen LogP contribution in [0.3, 0.4) is 0 Å². The Morgan fingerprint density at radius 1 is 1.25 bits per heavy atom. The van der Waals surface area contributed by atoms with Crippen LogP contribution in [-0.2, 0) is 4.74 Å². The van der Waals surface area contributed by atoms with Crippen LogP contribution in [0.1, 0.15) is 11.5 Å². The fourth-order valence-electron chi connectivity index (χ4n) is 1.89. The maximum atomic E-state index is 5.77. The number of nitrogen functional groups attached to an aromatic ring is 1. The molecule has 1 fully saturated rings. The molecule has 2 heterocycles. The Hall–Kier alpha value is -1.81.